The Bertz CT molecular complexity index is 586. The highest BCUT2D eigenvalue weighted by atomic mass is 79.9. The van der Waals surface area contributed by atoms with E-state index in [4.69, 9.17) is 5.73 Å². The summed E-state index contributed by atoms with van der Waals surface area (Å²) in [4.78, 5) is 0. The van der Waals surface area contributed by atoms with E-state index >= 15 is 0 Å². The molecule has 2 aromatic rings. The topological polar surface area (TPSA) is 26.0 Å². The third-order valence-electron chi connectivity index (χ3n) is 2.62. The molecule has 0 bridgehead atoms. The standard InChI is InChI=1S/C13H9BrF3N/c14-9-5-4-7(6-11(9)16)13(18)8-2-1-3-10(15)12(8)17/h1-6,13H,18H2. The normalized spacial score (nSPS) is 12.5. The summed E-state index contributed by atoms with van der Waals surface area (Å²) >= 11 is 3.01. The molecule has 18 heavy (non-hydrogen) atoms. The van der Waals surface area contributed by atoms with Crippen molar-refractivity contribution in [3.8, 4) is 0 Å². The molecule has 94 valence electrons. The molecule has 1 atom stereocenters. The molecule has 0 spiro atoms. The van der Waals surface area contributed by atoms with E-state index in [0.29, 0.717) is 5.56 Å². The van der Waals surface area contributed by atoms with Crippen LogP contribution in [-0.2, 0) is 0 Å². The Labute approximate surface area is 111 Å². The summed E-state index contributed by atoms with van der Waals surface area (Å²) in [5, 5.41) is 0. The molecule has 0 amide bonds. The summed E-state index contributed by atoms with van der Waals surface area (Å²) in [7, 11) is 0. The van der Waals surface area contributed by atoms with E-state index in [9.17, 15) is 13.2 Å². The van der Waals surface area contributed by atoms with Gasteiger partial charge in [0.15, 0.2) is 11.6 Å². The van der Waals surface area contributed by atoms with Gasteiger partial charge in [0.1, 0.15) is 5.82 Å². The van der Waals surface area contributed by atoms with Crippen LogP contribution in [0, 0.1) is 17.5 Å². The molecule has 0 radical (unpaired) electrons. The fraction of sp³-hybridized carbons (Fsp3) is 0.0769. The first-order chi connectivity index (χ1) is 8.50. The molecule has 0 heterocycles. The first-order valence-corrected chi connectivity index (χ1v) is 5.94. The van der Waals surface area contributed by atoms with E-state index in [0.717, 1.165) is 6.07 Å². The molecule has 2 N–H and O–H groups in total. The Morgan fingerprint density at radius 1 is 1.00 bits per heavy atom. The van der Waals surface area contributed by atoms with Crippen molar-refractivity contribution in [2.75, 3.05) is 0 Å². The predicted molar refractivity (Wildman–Crippen MR) is 66.5 cm³/mol. The van der Waals surface area contributed by atoms with Crippen LogP contribution in [0.15, 0.2) is 40.9 Å². The van der Waals surface area contributed by atoms with Gasteiger partial charge in [-0.2, -0.15) is 0 Å². The second-order valence-electron chi connectivity index (χ2n) is 3.79. The summed E-state index contributed by atoms with van der Waals surface area (Å²) in [6.07, 6.45) is 0. The van der Waals surface area contributed by atoms with Gasteiger partial charge in [0.25, 0.3) is 0 Å². The van der Waals surface area contributed by atoms with Crippen LogP contribution in [0.2, 0.25) is 0 Å². The SMILES string of the molecule is NC(c1ccc(Br)c(F)c1)c1cccc(F)c1F. The van der Waals surface area contributed by atoms with Crippen molar-refractivity contribution in [1.29, 1.82) is 0 Å². The maximum Gasteiger partial charge on any atom is 0.163 e. The Kier molecular flexibility index (Phi) is 3.73. The molecule has 0 saturated heterocycles. The number of hydrogen-bond donors (Lipinski definition) is 1. The summed E-state index contributed by atoms with van der Waals surface area (Å²) in [5.41, 5.74) is 6.19. The smallest absolute Gasteiger partial charge is 0.163 e. The van der Waals surface area contributed by atoms with Gasteiger partial charge in [-0.3, -0.25) is 0 Å². The van der Waals surface area contributed by atoms with Crippen molar-refractivity contribution >= 4 is 15.9 Å². The van der Waals surface area contributed by atoms with Crippen molar-refractivity contribution in [1.82, 2.24) is 0 Å². The molecule has 0 aliphatic carbocycles. The van der Waals surface area contributed by atoms with Crippen LogP contribution in [0.5, 0.6) is 0 Å². The molecular formula is C13H9BrF3N. The molecule has 1 unspecified atom stereocenters. The summed E-state index contributed by atoms with van der Waals surface area (Å²) in [6, 6.07) is 7.06. The second kappa shape index (κ2) is 5.12. The Balaban J connectivity index is 2.44. The number of nitrogens with two attached hydrogens (primary N) is 1. The second-order valence-corrected chi connectivity index (χ2v) is 4.65. The molecule has 0 aromatic heterocycles. The number of rotatable bonds is 2. The fourth-order valence-electron chi connectivity index (χ4n) is 1.65. The van der Waals surface area contributed by atoms with Crippen LogP contribution in [0.1, 0.15) is 17.2 Å². The minimum Gasteiger partial charge on any atom is -0.320 e. The number of halogens is 4. The zero-order valence-electron chi connectivity index (χ0n) is 9.13. The van der Waals surface area contributed by atoms with Crippen LogP contribution in [0.25, 0.3) is 0 Å². The highest BCUT2D eigenvalue weighted by molar-refractivity contribution is 9.10. The van der Waals surface area contributed by atoms with Gasteiger partial charge in [-0.25, -0.2) is 13.2 Å². The average Bonchev–Trinajstić information content (AvgIpc) is 2.35. The zero-order valence-corrected chi connectivity index (χ0v) is 10.7. The summed E-state index contributed by atoms with van der Waals surface area (Å²) < 4.78 is 40.3. The first-order valence-electron chi connectivity index (χ1n) is 5.15. The van der Waals surface area contributed by atoms with Gasteiger partial charge in [0.05, 0.1) is 10.5 Å². The van der Waals surface area contributed by atoms with E-state index in [1.165, 1.54) is 24.3 Å². The lowest BCUT2D eigenvalue weighted by Crippen LogP contribution is -2.14. The molecule has 2 rings (SSSR count). The molecule has 0 aliphatic rings. The summed E-state index contributed by atoms with van der Waals surface area (Å²) in [6.45, 7) is 0. The van der Waals surface area contributed by atoms with Gasteiger partial charge >= 0.3 is 0 Å². The van der Waals surface area contributed by atoms with Crippen LogP contribution in [0.4, 0.5) is 13.2 Å². The highest BCUT2D eigenvalue weighted by Gasteiger charge is 2.17. The highest BCUT2D eigenvalue weighted by Crippen LogP contribution is 2.26. The first kappa shape index (κ1) is 13.1. The monoisotopic (exact) mass is 315 g/mol. The van der Waals surface area contributed by atoms with E-state index in [1.54, 1.807) is 6.07 Å². The lowest BCUT2D eigenvalue weighted by atomic mass is 9.99. The van der Waals surface area contributed by atoms with Crippen molar-refractivity contribution in [3.05, 3.63) is 69.4 Å². The number of benzene rings is 2. The summed E-state index contributed by atoms with van der Waals surface area (Å²) in [5.74, 6) is -2.48. The molecule has 2 aromatic carbocycles. The van der Waals surface area contributed by atoms with Crippen LogP contribution in [0.3, 0.4) is 0 Å². The molecular weight excluding hydrogens is 307 g/mol. The molecule has 1 nitrogen and oxygen atoms in total. The molecule has 0 saturated carbocycles. The molecule has 5 heteroatoms. The van der Waals surface area contributed by atoms with Gasteiger partial charge < -0.3 is 5.73 Å². The third kappa shape index (κ3) is 2.42. The van der Waals surface area contributed by atoms with Crippen LogP contribution in [-0.4, -0.2) is 0 Å². The fourth-order valence-corrected chi connectivity index (χ4v) is 1.89. The van der Waals surface area contributed by atoms with Crippen molar-refractivity contribution in [2.24, 2.45) is 5.73 Å². The lowest BCUT2D eigenvalue weighted by Gasteiger charge is -2.14. The maximum atomic E-state index is 13.6. The maximum absolute atomic E-state index is 13.6. The Morgan fingerprint density at radius 2 is 1.72 bits per heavy atom. The quantitative estimate of drug-likeness (QED) is 0.893. The van der Waals surface area contributed by atoms with Gasteiger partial charge in [-0.05, 0) is 39.7 Å². The van der Waals surface area contributed by atoms with E-state index in [-0.39, 0.29) is 10.0 Å². The zero-order chi connectivity index (χ0) is 13.3. The Hall–Kier alpha value is -1.33. The molecule has 0 fully saturated rings. The van der Waals surface area contributed by atoms with Gasteiger partial charge in [0.2, 0.25) is 0 Å². The minimum absolute atomic E-state index is 0.00303. The third-order valence-corrected chi connectivity index (χ3v) is 3.26. The predicted octanol–water partition coefficient (Wildman–Crippen LogP) is 3.91. The van der Waals surface area contributed by atoms with Crippen LogP contribution < -0.4 is 5.73 Å². The van der Waals surface area contributed by atoms with E-state index in [1.807, 2.05) is 0 Å². The van der Waals surface area contributed by atoms with Crippen molar-refractivity contribution in [3.63, 3.8) is 0 Å². The average molecular weight is 316 g/mol. The van der Waals surface area contributed by atoms with E-state index in [2.05, 4.69) is 15.9 Å². The van der Waals surface area contributed by atoms with Gasteiger partial charge in [-0.1, -0.05) is 18.2 Å². The van der Waals surface area contributed by atoms with Crippen molar-refractivity contribution in [2.45, 2.75) is 6.04 Å². The Morgan fingerprint density at radius 3 is 2.39 bits per heavy atom. The van der Waals surface area contributed by atoms with Gasteiger partial charge in [0, 0.05) is 5.56 Å². The lowest BCUT2D eigenvalue weighted by molar-refractivity contribution is 0.494. The largest absolute Gasteiger partial charge is 0.320 e. The van der Waals surface area contributed by atoms with Crippen molar-refractivity contribution < 1.29 is 13.2 Å². The molecule has 0 aliphatic heterocycles. The van der Waals surface area contributed by atoms with Gasteiger partial charge in [-0.15, -0.1) is 0 Å². The minimum atomic E-state index is -1.01. The van der Waals surface area contributed by atoms with Crippen LogP contribution >= 0.6 is 15.9 Å². The van der Waals surface area contributed by atoms with E-state index < -0.39 is 23.5 Å². The number of hydrogen-bond acceptors (Lipinski definition) is 1.